The molecule has 0 amide bonds. The van der Waals surface area contributed by atoms with Crippen LogP contribution in [0.5, 0.6) is 0 Å². The Labute approximate surface area is 101 Å². The molecule has 1 aromatic rings. The molecule has 0 saturated heterocycles. The Bertz CT molecular complexity index is 401. The normalized spacial score (nSPS) is 15.8. The lowest BCUT2D eigenvalue weighted by Gasteiger charge is -2.12. The summed E-state index contributed by atoms with van der Waals surface area (Å²) in [4.78, 5) is 4.43. The molecule has 0 atom stereocenters. The van der Waals surface area contributed by atoms with Crippen molar-refractivity contribution < 1.29 is 4.74 Å². The van der Waals surface area contributed by atoms with Crippen LogP contribution in [-0.4, -0.2) is 19.1 Å². The van der Waals surface area contributed by atoms with Crippen molar-refractivity contribution in [3.05, 3.63) is 29.8 Å². The zero-order valence-electron chi connectivity index (χ0n) is 9.94. The molecular formula is C12H18N4O. The lowest BCUT2D eigenvalue weighted by molar-refractivity contribution is 0.185. The summed E-state index contributed by atoms with van der Waals surface area (Å²) < 4.78 is 5.15. The molecule has 0 spiro atoms. The van der Waals surface area contributed by atoms with E-state index < -0.39 is 0 Å². The van der Waals surface area contributed by atoms with Gasteiger partial charge in [0.25, 0.3) is 0 Å². The number of nitrogens with two attached hydrogens (primary N) is 1. The van der Waals surface area contributed by atoms with E-state index in [2.05, 4.69) is 15.7 Å². The van der Waals surface area contributed by atoms with Crippen molar-refractivity contribution in [2.24, 2.45) is 10.8 Å². The third kappa shape index (κ3) is 3.44. The topological polar surface area (TPSA) is 71.7 Å². The molecule has 1 fully saturated rings. The van der Waals surface area contributed by atoms with Crippen molar-refractivity contribution in [1.29, 1.82) is 0 Å². The summed E-state index contributed by atoms with van der Waals surface area (Å²) in [5.41, 5.74) is 4.63. The Hall–Kier alpha value is -1.59. The lowest BCUT2D eigenvalue weighted by atomic mass is 10.2. The summed E-state index contributed by atoms with van der Waals surface area (Å²) in [5, 5.41) is 3.19. The van der Waals surface area contributed by atoms with Gasteiger partial charge in [-0.1, -0.05) is 18.2 Å². The highest BCUT2D eigenvalue weighted by atomic mass is 16.5. The molecule has 2 rings (SSSR count). The van der Waals surface area contributed by atoms with Gasteiger partial charge in [0.2, 0.25) is 5.96 Å². The molecule has 5 heteroatoms. The summed E-state index contributed by atoms with van der Waals surface area (Å²) in [7, 11) is 1.68. The van der Waals surface area contributed by atoms with Gasteiger partial charge >= 0.3 is 0 Å². The Kier molecular flexibility index (Phi) is 3.95. The quantitative estimate of drug-likeness (QED) is 0.317. The van der Waals surface area contributed by atoms with E-state index in [1.165, 1.54) is 0 Å². The first-order valence-corrected chi connectivity index (χ1v) is 5.71. The largest absolute Gasteiger partial charge is 0.380 e. The molecule has 0 radical (unpaired) electrons. The molecule has 0 bridgehead atoms. The van der Waals surface area contributed by atoms with Gasteiger partial charge in [-0.15, -0.1) is 0 Å². The second-order valence-corrected chi connectivity index (χ2v) is 4.07. The van der Waals surface area contributed by atoms with Crippen LogP contribution < -0.4 is 16.6 Å². The number of aliphatic imine (C=N–C) groups is 1. The highest BCUT2D eigenvalue weighted by Gasteiger charge is 2.21. The molecule has 92 valence electrons. The molecular weight excluding hydrogens is 216 g/mol. The third-order valence-corrected chi connectivity index (χ3v) is 2.57. The molecule has 5 nitrogen and oxygen atoms in total. The van der Waals surface area contributed by atoms with Gasteiger partial charge in [0, 0.05) is 18.4 Å². The van der Waals surface area contributed by atoms with E-state index in [1.54, 1.807) is 7.11 Å². The van der Waals surface area contributed by atoms with Crippen LogP contribution in [0.1, 0.15) is 18.4 Å². The molecule has 0 aliphatic heterocycles. The SMILES string of the molecule is COCc1ccccc1NC(=NC1CC1)NN. The number of nitrogens with one attached hydrogen (secondary N) is 2. The van der Waals surface area contributed by atoms with E-state index >= 15 is 0 Å². The minimum absolute atomic E-state index is 0.420. The van der Waals surface area contributed by atoms with Crippen molar-refractivity contribution in [3.63, 3.8) is 0 Å². The number of guanidine groups is 1. The number of hydrogen-bond acceptors (Lipinski definition) is 3. The Morgan fingerprint density at radius 1 is 1.47 bits per heavy atom. The van der Waals surface area contributed by atoms with Crippen molar-refractivity contribution in [2.45, 2.75) is 25.5 Å². The number of benzene rings is 1. The maximum atomic E-state index is 5.45. The number of hydrogen-bond donors (Lipinski definition) is 3. The van der Waals surface area contributed by atoms with E-state index in [0.29, 0.717) is 18.6 Å². The fraction of sp³-hybridized carbons (Fsp3) is 0.417. The summed E-state index contributed by atoms with van der Waals surface area (Å²) >= 11 is 0. The number of para-hydroxylation sites is 1. The highest BCUT2D eigenvalue weighted by Crippen LogP contribution is 2.24. The van der Waals surface area contributed by atoms with Crippen LogP contribution in [-0.2, 0) is 11.3 Å². The van der Waals surface area contributed by atoms with Gasteiger partial charge in [0.05, 0.1) is 12.6 Å². The van der Waals surface area contributed by atoms with Gasteiger partial charge in [0.15, 0.2) is 0 Å². The smallest absolute Gasteiger partial charge is 0.210 e. The molecule has 0 unspecified atom stereocenters. The summed E-state index contributed by atoms with van der Waals surface area (Å²) in [6, 6.07) is 8.36. The standard InChI is InChI=1S/C12H18N4O/c1-17-8-9-4-2-3-5-11(9)15-12(16-13)14-10-6-7-10/h2-5,10H,6-8,13H2,1H3,(H2,14,15,16). The van der Waals surface area contributed by atoms with Crippen molar-refractivity contribution in [3.8, 4) is 0 Å². The number of ether oxygens (including phenoxy) is 1. The summed E-state index contributed by atoms with van der Waals surface area (Å²) in [5.74, 6) is 6.05. The molecule has 4 N–H and O–H groups in total. The van der Waals surface area contributed by atoms with Gasteiger partial charge in [0.1, 0.15) is 0 Å². The van der Waals surface area contributed by atoms with E-state index in [0.717, 1.165) is 24.1 Å². The minimum Gasteiger partial charge on any atom is -0.380 e. The zero-order chi connectivity index (χ0) is 12.1. The first kappa shape index (κ1) is 11.9. The second kappa shape index (κ2) is 5.65. The molecule has 0 heterocycles. The van der Waals surface area contributed by atoms with Crippen LogP contribution in [0.3, 0.4) is 0 Å². The zero-order valence-corrected chi connectivity index (χ0v) is 9.94. The fourth-order valence-corrected chi connectivity index (χ4v) is 1.54. The van der Waals surface area contributed by atoms with Crippen LogP contribution >= 0.6 is 0 Å². The molecule has 1 aromatic carbocycles. The predicted molar refractivity (Wildman–Crippen MR) is 68.6 cm³/mol. The predicted octanol–water partition coefficient (Wildman–Crippen LogP) is 1.23. The third-order valence-electron chi connectivity index (χ3n) is 2.57. The van der Waals surface area contributed by atoms with Crippen LogP contribution in [0.25, 0.3) is 0 Å². The van der Waals surface area contributed by atoms with Crippen LogP contribution in [0.15, 0.2) is 29.3 Å². The Morgan fingerprint density at radius 3 is 2.88 bits per heavy atom. The van der Waals surface area contributed by atoms with Gasteiger partial charge in [-0.2, -0.15) is 0 Å². The maximum absolute atomic E-state index is 5.45. The van der Waals surface area contributed by atoms with Gasteiger partial charge in [-0.25, -0.2) is 10.8 Å². The van der Waals surface area contributed by atoms with E-state index in [9.17, 15) is 0 Å². The van der Waals surface area contributed by atoms with Crippen LogP contribution in [0, 0.1) is 0 Å². The molecule has 0 aromatic heterocycles. The minimum atomic E-state index is 0.420. The average Bonchev–Trinajstić information content (AvgIpc) is 3.15. The van der Waals surface area contributed by atoms with Crippen LogP contribution in [0.2, 0.25) is 0 Å². The Morgan fingerprint density at radius 2 is 2.24 bits per heavy atom. The number of anilines is 1. The monoisotopic (exact) mass is 234 g/mol. The van der Waals surface area contributed by atoms with Crippen LogP contribution in [0.4, 0.5) is 5.69 Å². The second-order valence-electron chi connectivity index (χ2n) is 4.07. The van der Waals surface area contributed by atoms with Crippen molar-refractivity contribution >= 4 is 11.6 Å². The Balaban J connectivity index is 2.10. The molecule has 1 saturated carbocycles. The number of nitrogens with zero attached hydrogens (tertiary/aromatic N) is 1. The first-order chi connectivity index (χ1) is 8.33. The molecule has 17 heavy (non-hydrogen) atoms. The fourth-order valence-electron chi connectivity index (χ4n) is 1.54. The average molecular weight is 234 g/mol. The number of methoxy groups -OCH3 is 1. The van der Waals surface area contributed by atoms with Crippen molar-refractivity contribution in [2.75, 3.05) is 12.4 Å². The van der Waals surface area contributed by atoms with E-state index in [-0.39, 0.29) is 0 Å². The van der Waals surface area contributed by atoms with Crippen molar-refractivity contribution in [1.82, 2.24) is 5.43 Å². The summed E-state index contributed by atoms with van der Waals surface area (Å²) in [6.07, 6.45) is 2.29. The highest BCUT2D eigenvalue weighted by molar-refractivity contribution is 5.94. The van der Waals surface area contributed by atoms with Gasteiger partial charge < -0.3 is 10.1 Å². The first-order valence-electron chi connectivity index (χ1n) is 5.71. The molecule has 1 aliphatic rings. The van der Waals surface area contributed by atoms with Gasteiger partial charge in [-0.05, 0) is 18.9 Å². The van der Waals surface area contributed by atoms with Gasteiger partial charge in [-0.3, -0.25) is 5.43 Å². The lowest BCUT2D eigenvalue weighted by Crippen LogP contribution is -2.36. The number of rotatable bonds is 4. The number of hydrazine groups is 1. The maximum Gasteiger partial charge on any atom is 0.210 e. The summed E-state index contributed by atoms with van der Waals surface area (Å²) in [6.45, 7) is 0.560. The van der Waals surface area contributed by atoms with E-state index in [1.807, 2.05) is 24.3 Å². The van der Waals surface area contributed by atoms with E-state index in [4.69, 9.17) is 10.6 Å². The molecule has 1 aliphatic carbocycles.